The molecule has 3 unspecified atom stereocenters. The van der Waals surface area contributed by atoms with Gasteiger partial charge >= 0.3 is 39.5 Å². The first kappa shape index (κ1) is 97.1. The normalized spacial score (nSPS) is 14.3. The molecule has 0 radical (unpaired) electrons. The molecule has 19 heteroatoms. The molecule has 0 saturated heterocycles. The van der Waals surface area contributed by atoms with E-state index in [0.29, 0.717) is 25.7 Å². The van der Waals surface area contributed by atoms with Gasteiger partial charge in [0, 0.05) is 25.7 Å². The van der Waals surface area contributed by atoms with E-state index in [-0.39, 0.29) is 25.7 Å². The number of phosphoric acid groups is 2. The molecule has 3 N–H and O–H groups in total. The van der Waals surface area contributed by atoms with Gasteiger partial charge in [-0.2, -0.15) is 0 Å². The molecule has 0 amide bonds. The van der Waals surface area contributed by atoms with Gasteiger partial charge in [0.05, 0.1) is 26.4 Å². The number of esters is 4. The highest BCUT2D eigenvalue weighted by Crippen LogP contribution is 2.45. The predicted octanol–water partition coefficient (Wildman–Crippen LogP) is 23.7. The van der Waals surface area contributed by atoms with Crippen LogP contribution in [0.3, 0.4) is 0 Å². The number of ether oxygens (including phenoxy) is 4. The maximum absolute atomic E-state index is 13.1. The summed E-state index contributed by atoms with van der Waals surface area (Å²) in [5.74, 6) is 0.299. The Balaban J connectivity index is 5.19. The summed E-state index contributed by atoms with van der Waals surface area (Å²) in [7, 11) is -9.91. The topological polar surface area (TPSA) is 237 Å². The molecule has 588 valence electrons. The summed E-state index contributed by atoms with van der Waals surface area (Å²) in [6.45, 7) is 12.0. The summed E-state index contributed by atoms with van der Waals surface area (Å²) in [4.78, 5) is 72.9. The number of carbonyl (C=O) groups excluding carboxylic acids is 4. The molecule has 0 spiro atoms. The van der Waals surface area contributed by atoms with Crippen molar-refractivity contribution in [2.75, 3.05) is 39.6 Å². The van der Waals surface area contributed by atoms with Crippen molar-refractivity contribution >= 4 is 39.5 Å². The average Bonchev–Trinajstić information content (AvgIpc) is 0.945. The van der Waals surface area contributed by atoms with Gasteiger partial charge in [0.25, 0.3) is 0 Å². The molecule has 0 aliphatic heterocycles. The maximum Gasteiger partial charge on any atom is 0.472 e. The molecule has 0 aromatic carbocycles. The Bertz CT molecular complexity index is 1920. The van der Waals surface area contributed by atoms with Crippen LogP contribution >= 0.6 is 15.6 Å². The van der Waals surface area contributed by atoms with Crippen LogP contribution in [-0.4, -0.2) is 96.7 Å². The highest BCUT2D eigenvalue weighted by Gasteiger charge is 2.30. The van der Waals surface area contributed by atoms with Crippen molar-refractivity contribution in [2.45, 2.75) is 433 Å². The van der Waals surface area contributed by atoms with Gasteiger partial charge in [-0.25, -0.2) is 9.13 Å². The summed E-state index contributed by atoms with van der Waals surface area (Å²) in [6.07, 6.45) is 58.4. The Morgan fingerprint density at radius 2 is 0.515 bits per heavy atom. The largest absolute Gasteiger partial charge is 0.472 e. The second kappa shape index (κ2) is 70.4. The van der Waals surface area contributed by atoms with Crippen molar-refractivity contribution in [3.05, 3.63) is 0 Å². The summed E-state index contributed by atoms with van der Waals surface area (Å²) < 4.78 is 68.6. The van der Waals surface area contributed by atoms with Crippen molar-refractivity contribution in [3.8, 4) is 0 Å². The molecule has 0 rings (SSSR count). The molecule has 0 aliphatic carbocycles. The number of aliphatic hydroxyl groups is 1. The highest BCUT2D eigenvalue weighted by atomic mass is 31.2. The monoisotopic (exact) mass is 1450 g/mol. The van der Waals surface area contributed by atoms with Gasteiger partial charge in [-0.05, 0) is 43.4 Å². The third-order valence-electron chi connectivity index (χ3n) is 19.0. The number of rotatable bonds is 78. The minimum Gasteiger partial charge on any atom is -0.462 e. The first-order chi connectivity index (χ1) is 47.8. The van der Waals surface area contributed by atoms with Crippen LogP contribution in [0.5, 0.6) is 0 Å². The van der Waals surface area contributed by atoms with Crippen LogP contribution in [0.2, 0.25) is 0 Å². The quantitative estimate of drug-likeness (QED) is 0.0222. The maximum atomic E-state index is 13.1. The lowest BCUT2D eigenvalue weighted by molar-refractivity contribution is -0.161. The first-order valence-corrected chi connectivity index (χ1v) is 44.4. The van der Waals surface area contributed by atoms with E-state index >= 15 is 0 Å². The van der Waals surface area contributed by atoms with Gasteiger partial charge in [-0.1, -0.05) is 363 Å². The summed E-state index contributed by atoms with van der Waals surface area (Å²) in [5.41, 5.74) is 0. The van der Waals surface area contributed by atoms with Crippen LogP contribution in [0.1, 0.15) is 414 Å². The van der Waals surface area contributed by atoms with Crippen LogP contribution in [0.25, 0.3) is 0 Å². The second-order valence-corrected chi connectivity index (χ2v) is 32.9. The fourth-order valence-corrected chi connectivity index (χ4v) is 13.9. The summed E-state index contributed by atoms with van der Waals surface area (Å²) >= 11 is 0. The van der Waals surface area contributed by atoms with Crippen molar-refractivity contribution in [2.24, 2.45) is 17.8 Å². The molecular weight excluding hydrogens is 1290 g/mol. The third kappa shape index (κ3) is 72.8. The predicted molar refractivity (Wildman–Crippen MR) is 405 cm³/mol. The Morgan fingerprint density at radius 1 is 0.293 bits per heavy atom. The zero-order valence-corrected chi connectivity index (χ0v) is 66.8. The van der Waals surface area contributed by atoms with Crippen LogP contribution < -0.4 is 0 Å². The number of carbonyl (C=O) groups is 4. The number of hydrogen-bond acceptors (Lipinski definition) is 15. The Morgan fingerprint density at radius 3 is 0.768 bits per heavy atom. The van der Waals surface area contributed by atoms with Crippen LogP contribution in [0.4, 0.5) is 0 Å². The van der Waals surface area contributed by atoms with Crippen molar-refractivity contribution in [3.63, 3.8) is 0 Å². The minimum absolute atomic E-state index is 0.106. The molecule has 0 saturated carbocycles. The van der Waals surface area contributed by atoms with Crippen LogP contribution in [0.15, 0.2) is 0 Å². The van der Waals surface area contributed by atoms with E-state index in [2.05, 4.69) is 48.5 Å². The lowest BCUT2D eigenvalue weighted by Gasteiger charge is -2.21. The average molecular weight is 1450 g/mol. The van der Waals surface area contributed by atoms with Crippen molar-refractivity contribution < 1.29 is 80.2 Å². The van der Waals surface area contributed by atoms with Gasteiger partial charge in [0.1, 0.15) is 19.3 Å². The van der Waals surface area contributed by atoms with Gasteiger partial charge in [-0.3, -0.25) is 37.3 Å². The molecule has 0 heterocycles. The van der Waals surface area contributed by atoms with Gasteiger partial charge < -0.3 is 33.8 Å². The molecular formula is C80H156O17P2. The second-order valence-electron chi connectivity index (χ2n) is 30.0. The van der Waals surface area contributed by atoms with E-state index in [4.69, 9.17) is 37.0 Å². The highest BCUT2D eigenvalue weighted by molar-refractivity contribution is 7.47. The Labute approximate surface area is 607 Å². The first-order valence-electron chi connectivity index (χ1n) is 41.4. The van der Waals surface area contributed by atoms with Gasteiger partial charge in [0.15, 0.2) is 12.2 Å². The lowest BCUT2D eigenvalue weighted by atomic mass is 9.99. The van der Waals surface area contributed by atoms with Crippen molar-refractivity contribution in [1.29, 1.82) is 0 Å². The summed E-state index contributed by atoms with van der Waals surface area (Å²) in [6, 6.07) is 0. The molecule has 0 bridgehead atoms. The SMILES string of the molecule is CCCCCCCCCCC(=O)OC[C@H](COP(=O)(O)OC[C@H](O)COP(=O)(O)OC[C@@H](COC(=O)CCCCCCCCCCCCCCCC(C)C)OC(=O)CCCCCCCCCCCCCCCCCCCCC(C)CC)OC(=O)CCCCCCCCCCCCC(C)C. The number of aliphatic hydroxyl groups excluding tert-OH is 1. The molecule has 0 aliphatic rings. The van der Waals surface area contributed by atoms with E-state index in [1.807, 2.05) is 0 Å². The van der Waals surface area contributed by atoms with Gasteiger partial charge in [0.2, 0.25) is 0 Å². The van der Waals surface area contributed by atoms with Crippen LogP contribution in [0, 0.1) is 17.8 Å². The smallest absolute Gasteiger partial charge is 0.462 e. The lowest BCUT2D eigenvalue weighted by Crippen LogP contribution is -2.30. The third-order valence-corrected chi connectivity index (χ3v) is 20.9. The molecule has 17 nitrogen and oxygen atoms in total. The van der Waals surface area contributed by atoms with Gasteiger partial charge in [-0.15, -0.1) is 0 Å². The zero-order valence-electron chi connectivity index (χ0n) is 65.0. The van der Waals surface area contributed by atoms with E-state index in [0.717, 1.165) is 114 Å². The number of hydrogen-bond donors (Lipinski definition) is 3. The molecule has 99 heavy (non-hydrogen) atoms. The van der Waals surface area contributed by atoms with Crippen molar-refractivity contribution in [1.82, 2.24) is 0 Å². The molecule has 0 aromatic heterocycles. The van der Waals surface area contributed by atoms with E-state index in [1.165, 1.54) is 218 Å². The standard InChI is InChI=1S/C80H156O17P2/c1-8-10-11-12-13-40-47-54-61-77(82)90-67-75(96-80(85)64-57-50-43-36-30-29-32-38-45-52-59-72(5)6)69-94-98(86,87)92-65-74(81)66-93-99(88,89)95-70-76(68-91-78(83)62-55-48-41-34-27-24-20-21-25-31-37-44-51-58-71(3)4)97-79(84)63-56-49-42-35-28-23-19-17-15-14-16-18-22-26-33-39-46-53-60-73(7)9-2/h71-76,81H,8-70H2,1-7H3,(H,86,87)(H,88,89)/t73?,74-,75+,76+/m0/s1. The fraction of sp³-hybridized carbons (Fsp3) is 0.950. The van der Waals surface area contributed by atoms with E-state index in [1.54, 1.807) is 0 Å². The fourth-order valence-electron chi connectivity index (χ4n) is 12.3. The Kier molecular flexibility index (Phi) is 69.0. The number of phosphoric ester groups is 2. The molecule has 0 aromatic rings. The summed E-state index contributed by atoms with van der Waals surface area (Å²) in [5, 5.41) is 10.6. The number of unbranched alkanes of at least 4 members (excludes halogenated alkanes) is 45. The minimum atomic E-state index is -4.96. The molecule has 0 fully saturated rings. The zero-order chi connectivity index (χ0) is 73.0. The van der Waals surface area contributed by atoms with Crippen LogP contribution in [-0.2, 0) is 65.4 Å². The molecule has 6 atom stereocenters. The van der Waals surface area contributed by atoms with E-state index < -0.39 is 97.5 Å². The Hall–Kier alpha value is -1.94. The van der Waals surface area contributed by atoms with E-state index in [9.17, 15) is 43.2 Å².